The number of aryl methyl sites for hydroxylation is 2. The number of carboxylic acid groups (broad SMARTS) is 1. The molecule has 0 radical (unpaired) electrons. The number of carboxylic acids is 1. The zero-order chi connectivity index (χ0) is 18.0. The number of carbonyl (C=O) groups is 2. The first-order valence-corrected chi connectivity index (χ1v) is 9.22. The molecule has 132 valence electrons. The summed E-state index contributed by atoms with van der Waals surface area (Å²) < 4.78 is 6.03. The number of aliphatic carboxylic acids is 1. The Morgan fingerprint density at radius 3 is 2.84 bits per heavy atom. The van der Waals surface area contributed by atoms with Crippen molar-refractivity contribution in [2.24, 2.45) is 5.92 Å². The van der Waals surface area contributed by atoms with E-state index in [1.54, 1.807) is 11.3 Å². The fourth-order valence-electron chi connectivity index (χ4n) is 3.28. The van der Waals surface area contributed by atoms with Crippen molar-refractivity contribution in [3.8, 4) is 16.3 Å². The van der Waals surface area contributed by atoms with Crippen LogP contribution in [0, 0.1) is 19.8 Å². The number of rotatable bonds is 5. The zero-order valence-electron chi connectivity index (χ0n) is 14.3. The zero-order valence-corrected chi connectivity index (χ0v) is 15.1. The van der Waals surface area contributed by atoms with E-state index in [9.17, 15) is 14.7 Å². The number of aromatic nitrogens is 1. The molecule has 0 saturated heterocycles. The number of aldehydes is 1. The van der Waals surface area contributed by atoms with E-state index in [4.69, 9.17) is 4.74 Å². The van der Waals surface area contributed by atoms with Crippen LogP contribution in [0.4, 0.5) is 0 Å². The number of hydrogen-bond donors (Lipinski definition) is 1. The van der Waals surface area contributed by atoms with Gasteiger partial charge < -0.3 is 9.84 Å². The van der Waals surface area contributed by atoms with Gasteiger partial charge in [0.1, 0.15) is 5.75 Å². The van der Waals surface area contributed by atoms with Gasteiger partial charge in [0.05, 0.1) is 28.3 Å². The third kappa shape index (κ3) is 3.90. The summed E-state index contributed by atoms with van der Waals surface area (Å²) in [6, 6.07) is 5.59. The average molecular weight is 359 g/mol. The van der Waals surface area contributed by atoms with E-state index >= 15 is 0 Å². The van der Waals surface area contributed by atoms with Crippen molar-refractivity contribution in [1.29, 1.82) is 0 Å². The molecule has 0 amide bonds. The van der Waals surface area contributed by atoms with E-state index in [0.29, 0.717) is 17.7 Å². The molecule has 1 N–H and O–H groups in total. The molecule has 2 heterocycles. The Morgan fingerprint density at radius 1 is 1.36 bits per heavy atom. The Kier molecular flexibility index (Phi) is 5.18. The third-order valence-electron chi connectivity index (χ3n) is 4.55. The minimum atomic E-state index is -0.743. The molecular weight excluding hydrogens is 338 g/mol. The summed E-state index contributed by atoms with van der Waals surface area (Å²) in [5, 5.41) is 9.20. The summed E-state index contributed by atoms with van der Waals surface area (Å²) in [7, 11) is 0. The van der Waals surface area contributed by atoms with Crippen molar-refractivity contribution < 1.29 is 19.4 Å². The minimum Gasteiger partial charge on any atom is -0.489 e. The van der Waals surface area contributed by atoms with Gasteiger partial charge in [0.25, 0.3) is 0 Å². The van der Waals surface area contributed by atoms with Crippen LogP contribution in [0.1, 0.15) is 46.6 Å². The number of nitrogens with zero attached hydrogens (tertiary/aromatic N) is 1. The van der Waals surface area contributed by atoms with Gasteiger partial charge in [-0.25, -0.2) is 4.98 Å². The second-order valence-electron chi connectivity index (χ2n) is 6.48. The molecule has 1 aliphatic rings. The molecule has 1 aliphatic carbocycles. The Bertz CT molecular complexity index is 799. The number of pyridine rings is 1. The molecule has 0 aromatic carbocycles. The SMILES string of the molecule is Cc1cc(C=O)c(-c2ccc(O[C@H]3CCC[C@H](C(=O)O)C3)c(C)n2)s1. The van der Waals surface area contributed by atoms with Crippen LogP contribution in [-0.2, 0) is 4.79 Å². The molecule has 0 bridgehead atoms. The Balaban J connectivity index is 1.78. The molecular formula is C19H21NO4S. The summed E-state index contributed by atoms with van der Waals surface area (Å²) in [5.74, 6) is -0.385. The molecule has 0 unspecified atom stereocenters. The normalized spacial score (nSPS) is 20.2. The second-order valence-corrected chi connectivity index (χ2v) is 7.74. The van der Waals surface area contributed by atoms with Crippen molar-refractivity contribution in [2.75, 3.05) is 0 Å². The Hall–Kier alpha value is -2.21. The van der Waals surface area contributed by atoms with E-state index in [-0.39, 0.29) is 12.0 Å². The summed E-state index contributed by atoms with van der Waals surface area (Å²) in [5.41, 5.74) is 2.16. The standard InChI is InChI=1S/C19H21NO4S/c1-11-8-14(10-21)18(25-11)16-6-7-17(12(2)20-16)24-15-5-3-4-13(9-15)19(22)23/h6-8,10,13,15H,3-5,9H2,1-2H3,(H,22,23)/t13-,15-/m0/s1. The summed E-state index contributed by atoms with van der Waals surface area (Å²) in [6.07, 6.45) is 3.76. The lowest BCUT2D eigenvalue weighted by Gasteiger charge is -2.27. The maximum Gasteiger partial charge on any atom is 0.306 e. The predicted molar refractivity (Wildman–Crippen MR) is 96.4 cm³/mol. The molecule has 5 nitrogen and oxygen atoms in total. The second kappa shape index (κ2) is 7.35. The van der Waals surface area contributed by atoms with E-state index in [0.717, 1.165) is 46.7 Å². The first kappa shape index (κ1) is 17.6. The predicted octanol–water partition coefficient (Wildman–Crippen LogP) is 4.26. The minimum absolute atomic E-state index is 0.0873. The van der Waals surface area contributed by atoms with Gasteiger partial charge in [0, 0.05) is 10.4 Å². The summed E-state index contributed by atoms with van der Waals surface area (Å²) in [6.45, 7) is 3.84. The molecule has 25 heavy (non-hydrogen) atoms. The first-order chi connectivity index (χ1) is 12.0. The van der Waals surface area contributed by atoms with Crippen LogP contribution in [0.25, 0.3) is 10.6 Å². The molecule has 2 atom stereocenters. The van der Waals surface area contributed by atoms with Gasteiger partial charge in [0.2, 0.25) is 0 Å². The smallest absolute Gasteiger partial charge is 0.306 e. The third-order valence-corrected chi connectivity index (χ3v) is 5.64. The first-order valence-electron chi connectivity index (χ1n) is 8.41. The van der Waals surface area contributed by atoms with Crippen molar-refractivity contribution in [3.05, 3.63) is 34.3 Å². The van der Waals surface area contributed by atoms with Gasteiger partial charge in [-0.3, -0.25) is 9.59 Å². The quantitative estimate of drug-likeness (QED) is 0.807. The summed E-state index contributed by atoms with van der Waals surface area (Å²) in [4.78, 5) is 28.9. The van der Waals surface area contributed by atoms with Crippen LogP contribution < -0.4 is 4.74 Å². The van der Waals surface area contributed by atoms with Gasteiger partial charge in [-0.05, 0) is 57.7 Å². The molecule has 3 rings (SSSR count). The highest BCUT2D eigenvalue weighted by molar-refractivity contribution is 7.15. The van der Waals surface area contributed by atoms with Gasteiger partial charge in [-0.15, -0.1) is 11.3 Å². The topological polar surface area (TPSA) is 76.5 Å². The van der Waals surface area contributed by atoms with Crippen LogP contribution in [-0.4, -0.2) is 28.4 Å². The van der Waals surface area contributed by atoms with Crippen molar-refractivity contribution in [2.45, 2.75) is 45.6 Å². The summed E-state index contributed by atoms with van der Waals surface area (Å²) >= 11 is 1.55. The Morgan fingerprint density at radius 2 is 2.16 bits per heavy atom. The molecule has 2 aromatic heterocycles. The lowest BCUT2D eigenvalue weighted by atomic mass is 9.87. The highest BCUT2D eigenvalue weighted by Crippen LogP contribution is 2.33. The fraction of sp³-hybridized carbons (Fsp3) is 0.421. The number of ether oxygens (including phenoxy) is 1. The number of thiophene rings is 1. The number of carbonyl (C=O) groups excluding carboxylic acids is 1. The van der Waals surface area contributed by atoms with Crippen molar-refractivity contribution in [3.63, 3.8) is 0 Å². The van der Waals surface area contributed by atoms with Crippen LogP contribution >= 0.6 is 11.3 Å². The monoisotopic (exact) mass is 359 g/mol. The van der Waals surface area contributed by atoms with Crippen LogP contribution in [0.15, 0.2) is 18.2 Å². The lowest BCUT2D eigenvalue weighted by Crippen LogP contribution is -2.29. The van der Waals surface area contributed by atoms with E-state index < -0.39 is 5.97 Å². The Labute approximate surface area is 150 Å². The van der Waals surface area contributed by atoms with Crippen LogP contribution in [0.3, 0.4) is 0 Å². The van der Waals surface area contributed by atoms with E-state index in [1.807, 2.05) is 32.0 Å². The largest absolute Gasteiger partial charge is 0.489 e. The van der Waals surface area contributed by atoms with E-state index in [1.165, 1.54) is 0 Å². The molecule has 1 fully saturated rings. The maximum atomic E-state index is 11.2. The lowest BCUT2D eigenvalue weighted by molar-refractivity contribution is -0.143. The van der Waals surface area contributed by atoms with E-state index in [2.05, 4.69) is 4.98 Å². The fourth-order valence-corrected chi connectivity index (χ4v) is 4.23. The molecule has 0 spiro atoms. The molecule has 0 aliphatic heterocycles. The van der Waals surface area contributed by atoms with Crippen molar-refractivity contribution in [1.82, 2.24) is 4.98 Å². The van der Waals surface area contributed by atoms with Gasteiger partial charge in [-0.1, -0.05) is 0 Å². The van der Waals surface area contributed by atoms with Crippen LogP contribution in [0.2, 0.25) is 0 Å². The molecule has 2 aromatic rings. The van der Waals surface area contributed by atoms with Crippen LogP contribution in [0.5, 0.6) is 5.75 Å². The van der Waals surface area contributed by atoms with Gasteiger partial charge in [-0.2, -0.15) is 0 Å². The van der Waals surface area contributed by atoms with Gasteiger partial charge >= 0.3 is 5.97 Å². The average Bonchev–Trinajstić information content (AvgIpc) is 2.98. The molecule has 1 saturated carbocycles. The van der Waals surface area contributed by atoms with Gasteiger partial charge in [0.15, 0.2) is 6.29 Å². The maximum absolute atomic E-state index is 11.2. The number of hydrogen-bond acceptors (Lipinski definition) is 5. The highest BCUT2D eigenvalue weighted by atomic mass is 32.1. The molecule has 6 heteroatoms. The van der Waals surface area contributed by atoms with Crippen molar-refractivity contribution >= 4 is 23.6 Å². The highest BCUT2D eigenvalue weighted by Gasteiger charge is 2.28.